The zero-order chi connectivity index (χ0) is 19.1. The maximum atomic E-state index is 6.37. The highest BCUT2D eigenvalue weighted by molar-refractivity contribution is 7.52. The Kier molecular flexibility index (Phi) is 23.8. The van der Waals surface area contributed by atoms with Crippen LogP contribution in [0.15, 0.2) is 0 Å². The third-order valence-electron chi connectivity index (χ3n) is 5.29. The van der Waals surface area contributed by atoms with Crippen LogP contribution >= 0.6 is 8.15 Å². The van der Waals surface area contributed by atoms with Crippen molar-refractivity contribution in [2.24, 2.45) is 0 Å². The first-order chi connectivity index (χ1) is 12.8. The SMILES string of the molecule is CCCCCCCCOP(CCCCCCCC)CCCCCCCC. The van der Waals surface area contributed by atoms with Gasteiger partial charge in [0.1, 0.15) is 0 Å². The minimum atomic E-state index is -0.137. The molecule has 158 valence electrons. The molecule has 0 spiro atoms. The maximum Gasteiger partial charge on any atom is 0.0508 e. The van der Waals surface area contributed by atoms with Crippen molar-refractivity contribution in [3.05, 3.63) is 0 Å². The highest BCUT2D eigenvalue weighted by atomic mass is 31.1. The van der Waals surface area contributed by atoms with Crippen molar-refractivity contribution in [2.75, 3.05) is 18.9 Å². The largest absolute Gasteiger partial charge is 0.359 e. The van der Waals surface area contributed by atoms with Crippen LogP contribution in [0.25, 0.3) is 0 Å². The zero-order valence-corrected chi connectivity index (χ0v) is 19.6. The van der Waals surface area contributed by atoms with E-state index >= 15 is 0 Å². The van der Waals surface area contributed by atoms with E-state index in [9.17, 15) is 0 Å². The van der Waals surface area contributed by atoms with E-state index in [-0.39, 0.29) is 8.15 Å². The predicted molar refractivity (Wildman–Crippen MR) is 123 cm³/mol. The van der Waals surface area contributed by atoms with E-state index in [1.54, 1.807) is 0 Å². The molecule has 0 aromatic heterocycles. The van der Waals surface area contributed by atoms with Crippen molar-refractivity contribution < 1.29 is 4.52 Å². The summed E-state index contributed by atoms with van der Waals surface area (Å²) in [5.41, 5.74) is 0. The molecule has 0 aliphatic heterocycles. The predicted octanol–water partition coefficient (Wildman–Crippen LogP) is 9.48. The summed E-state index contributed by atoms with van der Waals surface area (Å²) < 4.78 is 6.37. The molecule has 0 aliphatic rings. The van der Waals surface area contributed by atoms with E-state index in [1.165, 1.54) is 128 Å². The molecule has 2 heteroatoms. The Morgan fingerprint density at radius 3 is 1.19 bits per heavy atom. The molecule has 0 N–H and O–H groups in total. The van der Waals surface area contributed by atoms with Gasteiger partial charge < -0.3 is 4.52 Å². The van der Waals surface area contributed by atoms with Gasteiger partial charge in [-0.3, -0.25) is 0 Å². The van der Waals surface area contributed by atoms with E-state index in [0.717, 1.165) is 6.61 Å². The van der Waals surface area contributed by atoms with Gasteiger partial charge in [-0.05, 0) is 31.6 Å². The van der Waals surface area contributed by atoms with Gasteiger partial charge in [-0.15, -0.1) is 0 Å². The Hall–Kier alpha value is 0.390. The first-order valence-electron chi connectivity index (χ1n) is 12.2. The van der Waals surface area contributed by atoms with Gasteiger partial charge in [-0.2, -0.15) is 0 Å². The Bertz CT molecular complexity index is 228. The monoisotopic (exact) mass is 386 g/mol. The molecule has 1 nitrogen and oxygen atoms in total. The highest BCUT2D eigenvalue weighted by Crippen LogP contribution is 2.39. The van der Waals surface area contributed by atoms with E-state index in [0.29, 0.717) is 0 Å². The molecular weight excluding hydrogens is 335 g/mol. The summed E-state index contributed by atoms with van der Waals surface area (Å²) in [6, 6.07) is 0. The summed E-state index contributed by atoms with van der Waals surface area (Å²) in [6.07, 6.45) is 27.9. The van der Waals surface area contributed by atoms with Crippen LogP contribution in [-0.2, 0) is 4.52 Å². The quantitative estimate of drug-likeness (QED) is 0.133. The van der Waals surface area contributed by atoms with Crippen LogP contribution < -0.4 is 0 Å². The van der Waals surface area contributed by atoms with E-state index < -0.39 is 0 Å². The maximum absolute atomic E-state index is 6.37. The van der Waals surface area contributed by atoms with Crippen molar-refractivity contribution in [1.29, 1.82) is 0 Å². The van der Waals surface area contributed by atoms with Crippen LogP contribution in [0.5, 0.6) is 0 Å². The molecule has 0 saturated heterocycles. The van der Waals surface area contributed by atoms with E-state index in [1.807, 2.05) is 0 Å². The lowest BCUT2D eigenvalue weighted by Gasteiger charge is -2.18. The van der Waals surface area contributed by atoms with Gasteiger partial charge in [0.05, 0.1) is 6.61 Å². The molecule has 0 aliphatic carbocycles. The molecule has 0 fully saturated rings. The molecule has 0 saturated carbocycles. The van der Waals surface area contributed by atoms with E-state index in [2.05, 4.69) is 20.8 Å². The standard InChI is InChI=1S/C24H51OP/c1-4-7-10-13-16-19-22-25-26(23-20-17-14-11-8-5-2)24-21-18-15-12-9-6-3/h4-24H2,1-3H3. The van der Waals surface area contributed by atoms with Crippen LogP contribution in [0, 0.1) is 0 Å². The minimum Gasteiger partial charge on any atom is -0.359 e. The van der Waals surface area contributed by atoms with Crippen molar-refractivity contribution in [2.45, 2.75) is 136 Å². The summed E-state index contributed by atoms with van der Waals surface area (Å²) in [5.74, 6) is 0. The molecule has 0 amide bonds. The average Bonchev–Trinajstić information content (AvgIpc) is 2.65. The molecule has 0 radical (unpaired) electrons. The van der Waals surface area contributed by atoms with Crippen molar-refractivity contribution in [1.82, 2.24) is 0 Å². The molecule has 0 rings (SSSR count). The number of rotatable bonds is 22. The summed E-state index contributed by atoms with van der Waals surface area (Å²) in [4.78, 5) is 0. The lowest BCUT2D eigenvalue weighted by Crippen LogP contribution is -1.98. The summed E-state index contributed by atoms with van der Waals surface area (Å²) in [7, 11) is -0.137. The van der Waals surface area contributed by atoms with Gasteiger partial charge in [-0.1, -0.05) is 117 Å². The Morgan fingerprint density at radius 1 is 0.423 bits per heavy atom. The van der Waals surface area contributed by atoms with Crippen LogP contribution in [0.2, 0.25) is 0 Å². The molecule has 0 unspecified atom stereocenters. The Balaban J connectivity index is 3.77. The summed E-state index contributed by atoms with van der Waals surface area (Å²) in [6.45, 7) is 7.93. The van der Waals surface area contributed by atoms with Crippen molar-refractivity contribution in [3.8, 4) is 0 Å². The number of unbranched alkanes of at least 4 members (excludes halogenated alkanes) is 15. The number of hydrogen-bond donors (Lipinski definition) is 0. The summed E-state index contributed by atoms with van der Waals surface area (Å²) >= 11 is 0. The van der Waals surface area contributed by atoms with Gasteiger partial charge in [0.25, 0.3) is 0 Å². The van der Waals surface area contributed by atoms with Gasteiger partial charge in [-0.25, -0.2) is 0 Å². The zero-order valence-electron chi connectivity index (χ0n) is 18.7. The Morgan fingerprint density at radius 2 is 0.769 bits per heavy atom. The third-order valence-corrected chi connectivity index (χ3v) is 7.47. The number of hydrogen-bond acceptors (Lipinski definition) is 1. The lowest BCUT2D eigenvalue weighted by atomic mass is 10.1. The first kappa shape index (κ1) is 26.4. The smallest absolute Gasteiger partial charge is 0.0508 e. The molecule has 0 aromatic carbocycles. The first-order valence-corrected chi connectivity index (χ1v) is 13.9. The second-order valence-electron chi connectivity index (χ2n) is 8.07. The fourth-order valence-corrected chi connectivity index (χ4v) is 5.48. The van der Waals surface area contributed by atoms with Crippen LogP contribution in [0.4, 0.5) is 0 Å². The van der Waals surface area contributed by atoms with Crippen molar-refractivity contribution >= 4 is 8.15 Å². The third kappa shape index (κ3) is 20.7. The van der Waals surface area contributed by atoms with Gasteiger partial charge >= 0.3 is 0 Å². The molecular formula is C24H51OP. The van der Waals surface area contributed by atoms with Gasteiger partial charge in [0, 0.05) is 8.15 Å². The fourth-order valence-electron chi connectivity index (χ4n) is 3.45. The summed E-state index contributed by atoms with van der Waals surface area (Å²) in [5, 5.41) is 0. The topological polar surface area (TPSA) is 9.23 Å². The molecule has 0 heterocycles. The average molecular weight is 387 g/mol. The minimum absolute atomic E-state index is 0.137. The molecule has 26 heavy (non-hydrogen) atoms. The van der Waals surface area contributed by atoms with Crippen LogP contribution in [0.1, 0.15) is 136 Å². The van der Waals surface area contributed by atoms with Crippen molar-refractivity contribution in [3.63, 3.8) is 0 Å². The van der Waals surface area contributed by atoms with E-state index in [4.69, 9.17) is 4.52 Å². The molecule has 0 aromatic rings. The molecule has 0 bridgehead atoms. The second-order valence-corrected chi connectivity index (χ2v) is 10.2. The van der Waals surface area contributed by atoms with Crippen LogP contribution in [0.3, 0.4) is 0 Å². The fraction of sp³-hybridized carbons (Fsp3) is 1.00. The Labute approximate surface area is 168 Å². The van der Waals surface area contributed by atoms with Crippen LogP contribution in [-0.4, -0.2) is 18.9 Å². The normalized spacial score (nSPS) is 11.5. The second kappa shape index (κ2) is 23.4. The molecule has 0 atom stereocenters. The van der Waals surface area contributed by atoms with Gasteiger partial charge in [0.2, 0.25) is 0 Å². The lowest BCUT2D eigenvalue weighted by molar-refractivity contribution is 0.333. The highest BCUT2D eigenvalue weighted by Gasteiger charge is 2.09. The van der Waals surface area contributed by atoms with Gasteiger partial charge in [0.15, 0.2) is 0 Å².